The van der Waals surface area contributed by atoms with Gasteiger partial charge in [0.25, 0.3) is 11.8 Å². The van der Waals surface area contributed by atoms with E-state index in [1.54, 1.807) is 36.4 Å². The molecular weight excluding hydrogens is 501 g/mol. The van der Waals surface area contributed by atoms with Gasteiger partial charge in [0.05, 0.1) is 11.3 Å². The Kier molecular flexibility index (Phi) is 7.80. The Morgan fingerprint density at radius 3 is 2.45 bits per heavy atom. The number of alkyl halides is 3. The fourth-order valence-corrected chi connectivity index (χ4v) is 4.08. The number of allylic oxidation sites excluding steroid dienone is 3. The van der Waals surface area contributed by atoms with Gasteiger partial charge >= 0.3 is 12.3 Å². The topological polar surface area (TPSA) is 105 Å². The maximum Gasteiger partial charge on any atom is 0.573 e. The molecule has 0 spiro atoms. The van der Waals surface area contributed by atoms with E-state index in [2.05, 4.69) is 15.4 Å². The van der Waals surface area contributed by atoms with Crippen molar-refractivity contribution < 1.29 is 37.4 Å². The summed E-state index contributed by atoms with van der Waals surface area (Å²) in [6.45, 7) is 0. The van der Waals surface area contributed by atoms with Gasteiger partial charge < -0.3 is 20.5 Å². The van der Waals surface area contributed by atoms with Crippen LogP contribution in [-0.2, 0) is 4.79 Å². The summed E-state index contributed by atoms with van der Waals surface area (Å²) in [5.74, 6) is -3.02. The lowest BCUT2D eigenvalue weighted by atomic mass is 9.94. The van der Waals surface area contributed by atoms with Crippen molar-refractivity contribution in [1.29, 1.82) is 0 Å². The number of hydrogen-bond donors (Lipinski definition) is 3. The van der Waals surface area contributed by atoms with Gasteiger partial charge in [0.2, 0.25) is 0 Å². The first kappa shape index (κ1) is 26.5. The molecule has 7 nitrogen and oxygen atoms in total. The van der Waals surface area contributed by atoms with E-state index in [0.29, 0.717) is 24.1 Å². The molecule has 1 atom stereocenters. The molecule has 0 saturated heterocycles. The largest absolute Gasteiger partial charge is 0.573 e. The Morgan fingerprint density at radius 2 is 1.71 bits per heavy atom. The van der Waals surface area contributed by atoms with Crippen LogP contribution in [-0.4, -0.2) is 29.3 Å². The van der Waals surface area contributed by atoms with Gasteiger partial charge in [0.1, 0.15) is 5.75 Å². The number of amides is 2. The molecule has 3 aromatic carbocycles. The number of carbonyl (C=O) groups is 3. The summed E-state index contributed by atoms with van der Waals surface area (Å²) in [6.07, 6.45) is 1.03. The quantitative estimate of drug-likeness (QED) is 0.333. The van der Waals surface area contributed by atoms with Gasteiger partial charge in [-0.3, -0.25) is 14.4 Å². The summed E-state index contributed by atoms with van der Waals surface area (Å²) >= 11 is 0. The first-order valence-electron chi connectivity index (χ1n) is 11.7. The van der Waals surface area contributed by atoms with Crippen molar-refractivity contribution in [3.8, 4) is 5.75 Å². The molecule has 0 bridgehead atoms. The Bertz CT molecular complexity index is 1450. The summed E-state index contributed by atoms with van der Waals surface area (Å²) in [4.78, 5) is 37.0. The third-order valence-corrected chi connectivity index (χ3v) is 5.87. The van der Waals surface area contributed by atoms with Crippen molar-refractivity contribution in [2.24, 2.45) is 5.92 Å². The number of aliphatic carboxylic acids is 1. The molecule has 1 aliphatic rings. The summed E-state index contributed by atoms with van der Waals surface area (Å²) in [5.41, 5.74) is 0.399. The smallest absolute Gasteiger partial charge is 0.481 e. The van der Waals surface area contributed by atoms with Crippen LogP contribution in [0.2, 0.25) is 0 Å². The lowest BCUT2D eigenvalue weighted by molar-refractivity contribution is -0.274. The third-order valence-electron chi connectivity index (χ3n) is 5.87. The zero-order valence-corrected chi connectivity index (χ0v) is 19.9. The SMILES string of the molecule is O=C(O)CCC1C=C(NC(=O)c2cc(OC(F)(F)F)ccc2NC(=O)c2ccc3ccccc3c2)C=CC1. The van der Waals surface area contributed by atoms with Crippen molar-refractivity contribution >= 4 is 34.2 Å². The molecule has 0 aliphatic heterocycles. The second kappa shape index (κ2) is 11.2. The number of carboxylic acids is 1. The number of carboxylic acid groups (broad SMARTS) is 1. The van der Waals surface area contributed by atoms with Crippen molar-refractivity contribution in [2.45, 2.75) is 25.6 Å². The Hall–Kier alpha value is -4.60. The van der Waals surface area contributed by atoms with E-state index in [0.717, 1.165) is 29.0 Å². The van der Waals surface area contributed by atoms with E-state index in [1.165, 1.54) is 0 Å². The molecule has 10 heteroatoms. The highest BCUT2D eigenvalue weighted by Crippen LogP contribution is 2.29. The highest BCUT2D eigenvalue weighted by molar-refractivity contribution is 6.10. The molecule has 196 valence electrons. The zero-order valence-electron chi connectivity index (χ0n) is 19.9. The molecule has 0 saturated carbocycles. The van der Waals surface area contributed by atoms with E-state index in [1.807, 2.05) is 24.3 Å². The van der Waals surface area contributed by atoms with Crippen LogP contribution in [0.1, 0.15) is 40.0 Å². The predicted molar refractivity (Wildman–Crippen MR) is 135 cm³/mol. The molecule has 4 rings (SSSR count). The normalized spacial score (nSPS) is 15.0. The summed E-state index contributed by atoms with van der Waals surface area (Å²) in [5, 5.41) is 15.9. The Labute approximate surface area is 215 Å². The molecule has 0 fully saturated rings. The molecule has 38 heavy (non-hydrogen) atoms. The number of halogens is 3. The summed E-state index contributed by atoms with van der Waals surface area (Å²) in [6, 6.07) is 15.5. The average molecular weight is 524 g/mol. The zero-order chi connectivity index (χ0) is 27.3. The fraction of sp³-hybridized carbons (Fsp3) is 0.179. The second-order valence-electron chi connectivity index (χ2n) is 8.68. The van der Waals surface area contributed by atoms with Crippen LogP contribution in [0.15, 0.2) is 84.6 Å². The van der Waals surface area contributed by atoms with Crippen molar-refractivity contribution in [3.05, 3.63) is 95.7 Å². The van der Waals surface area contributed by atoms with Crippen molar-refractivity contribution in [1.82, 2.24) is 5.32 Å². The standard InChI is InChI=1S/C28H23F3N2O5/c29-28(30,31)38-22-11-12-24(33-26(36)20-10-9-18-5-1-2-6-19(18)15-20)23(16-22)27(37)32-21-7-3-4-17(14-21)8-13-25(34)35/h1-3,5-7,9-12,14-17H,4,8,13H2,(H,32,37)(H,33,36)(H,34,35). The van der Waals surface area contributed by atoms with E-state index in [4.69, 9.17) is 5.11 Å². The van der Waals surface area contributed by atoms with Gasteiger partial charge in [-0.25, -0.2) is 0 Å². The number of hydrogen-bond acceptors (Lipinski definition) is 4. The van der Waals surface area contributed by atoms with Crippen LogP contribution >= 0.6 is 0 Å². The van der Waals surface area contributed by atoms with Crippen LogP contribution < -0.4 is 15.4 Å². The number of ether oxygens (including phenoxy) is 1. The molecule has 3 aromatic rings. The van der Waals surface area contributed by atoms with Gasteiger partial charge in [-0.05, 0) is 65.9 Å². The minimum Gasteiger partial charge on any atom is -0.481 e. The van der Waals surface area contributed by atoms with E-state index < -0.39 is 29.9 Å². The molecular formula is C28H23F3N2O5. The molecule has 3 N–H and O–H groups in total. The predicted octanol–water partition coefficient (Wildman–Crippen LogP) is 6.05. The highest BCUT2D eigenvalue weighted by atomic mass is 19.4. The van der Waals surface area contributed by atoms with Crippen LogP contribution in [0.25, 0.3) is 10.8 Å². The van der Waals surface area contributed by atoms with Crippen molar-refractivity contribution in [3.63, 3.8) is 0 Å². The minimum atomic E-state index is -4.98. The lowest BCUT2D eigenvalue weighted by Gasteiger charge is -2.18. The van der Waals surface area contributed by atoms with Gasteiger partial charge in [-0.2, -0.15) is 0 Å². The molecule has 2 amide bonds. The number of rotatable bonds is 8. The number of fused-ring (bicyclic) bond motifs is 1. The molecule has 0 radical (unpaired) electrons. The first-order chi connectivity index (χ1) is 18.1. The van der Waals surface area contributed by atoms with Gasteiger partial charge in [0, 0.05) is 17.7 Å². The van der Waals surface area contributed by atoms with E-state index >= 15 is 0 Å². The average Bonchev–Trinajstić information content (AvgIpc) is 2.87. The van der Waals surface area contributed by atoms with Crippen LogP contribution in [0.4, 0.5) is 18.9 Å². The third kappa shape index (κ3) is 7.00. The van der Waals surface area contributed by atoms with Crippen LogP contribution in [0.3, 0.4) is 0 Å². The minimum absolute atomic E-state index is 0.0157. The number of nitrogens with one attached hydrogen (secondary N) is 2. The van der Waals surface area contributed by atoms with Crippen molar-refractivity contribution in [2.75, 3.05) is 5.32 Å². The molecule has 0 heterocycles. The first-order valence-corrected chi connectivity index (χ1v) is 11.7. The lowest BCUT2D eigenvalue weighted by Crippen LogP contribution is -2.26. The Morgan fingerprint density at radius 1 is 0.947 bits per heavy atom. The molecule has 0 aromatic heterocycles. The number of carbonyl (C=O) groups excluding carboxylic acids is 2. The fourth-order valence-electron chi connectivity index (χ4n) is 4.08. The van der Waals surface area contributed by atoms with E-state index in [-0.39, 0.29) is 23.6 Å². The maximum atomic E-state index is 13.1. The van der Waals surface area contributed by atoms with Gasteiger partial charge in [0.15, 0.2) is 0 Å². The molecule has 1 unspecified atom stereocenters. The van der Waals surface area contributed by atoms with Gasteiger partial charge in [-0.1, -0.05) is 42.5 Å². The number of anilines is 1. The summed E-state index contributed by atoms with van der Waals surface area (Å²) < 4.78 is 42.4. The van der Waals surface area contributed by atoms with Crippen LogP contribution in [0.5, 0.6) is 5.75 Å². The monoisotopic (exact) mass is 524 g/mol. The van der Waals surface area contributed by atoms with E-state index in [9.17, 15) is 27.6 Å². The molecule has 1 aliphatic carbocycles. The second-order valence-corrected chi connectivity index (χ2v) is 8.68. The van der Waals surface area contributed by atoms with Crippen LogP contribution in [0, 0.1) is 5.92 Å². The van der Waals surface area contributed by atoms with Gasteiger partial charge in [-0.15, -0.1) is 13.2 Å². The summed E-state index contributed by atoms with van der Waals surface area (Å²) in [7, 11) is 0. The Balaban J connectivity index is 1.59. The highest BCUT2D eigenvalue weighted by Gasteiger charge is 2.31. The maximum absolute atomic E-state index is 13.1. The number of benzene rings is 3.